The van der Waals surface area contributed by atoms with Crippen molar-refractivity contribution in [3.05, 3.63) is 58.7 Å². The monoisotopic (exact) mass is 773 g/mol. The molecule has 2 fully saturated rings. The van der Waals surface area contributed by atoms with Gasteiger partial charge in [-0.2, -0.15) is 26.9 Å². The van der Waals surface area contributed by atoms with E-state index in [1.807, 2.05) is 6.07 Å². The molecular weight excluding hydrogens is 739 g/mol. The summed E-state index contributed by atoms with van der Waals surface area (Å²) in [6, 6.07) is 8.85. The molecule has 6 atom stereocenters. The van der Waals surface area contributed by atoms with Gasteiger partial charge in [-0.15, -0.1) is 0 Å². The Labute approximate surface area is 300 Å². The van der Waals surface area contributed by atoms with Gasteiger partial charge in [0.05, 0.1) is 30.4 Å². The lowest BCUT2D eigenvalue weighted by Gasteiger charge is -2.49. The molecule has 53 heavy (non-hydrogen) atoms. The minimum Gasteiger partial charge on any atom is -0.487 e. The van der Waals surface area contributed by atoms with Crippen LogP contribution in [0.1, 0.15) is 56.4 Å². The molecule has 288 valence electrons. The first-order valence-corrected chi connectivity index (χ1v) is 17.1. The fraction of sp³-hybridized carbons (Fsp3) is 0.485. The molecule has 2 saturated heterocycles. The highest BCUT2D eigenvalue weighted by atomic mass is 32.2. The normalized spacial score (nSPS) is 24.3. The van der Waals surface area contributed by atoms with E-state index >= 15 is 0 Å². The zero-order chi connectivity index (χ0) is 39.3. The minimum atomic E-state index is -5.95. The Hall–Kier alpha value is -4.97. The third-order valence-electron chi connectivity index (χ3n) is 7.75. The van der Waals surface area contributed by atoms with Crippen molar-refractivity contribution in [3.8, 4) is 17.6 Å². The number of nitrogens with zero attached hydrogens (tertiary/aromatic N) is 1. The van der Waals surface area contributed by atoms with E-state index < -0.39 is 88.2 Å². The number of halogens is 3. The summed E-state index contributed by atoms with van der Waals surface area (Å²) in [7, 11) is -5.95. The molecule has 16 nitrogen and oxygen atoms in total. The molecule has 0 spiro atoms. The fourth-order valence-corrected chi connectivity index (χ4v) is 6.05. The van der Waals surface area contributed by atoms with Gasteiger partial charge in [-0.05, 0) is 41.8 Å². The number of ether oxygens (including phenoxy) is 7. The standard InChI is InChI=1S/C33H34F3NO15S/c1-17(38)46-16-28-29(47-18(2)39)30(48-19(3)40)31(49-20(4)41)32(42,51-28)26-12-22(23(14-37)13-27(26)50-25-9-10-45-15-25)11-21-5-7-24(8-6-21)52-53(43,44)33(34,35)36/h5-8,12-13,25,28-31,42H,9-11,15-16H2,1-4H3/t25-,28+,29+,30-,31+,32-/m0/s1. The van der Waals surface area contributed by atoms with E-state index in [1.165, 1.54) is 24.3 Å². The molecular formula is C33H34F3NO15S. The average molecular weight is 774 g/mol. The predicted octanol–water partition coefficient (Wildman–Crippen LogP) is 2.45. The zero-order valence-electron chi connectivity index (χ0n) is 28.5. The van der Waals surface area contributed by atoms with Crippen LogP contribution in [0.3, 0.4) is 0 Å². The summed E-state index contributed by atoms with van der Waals surface area (Å²) in [4.78, 5) is 49.0. The number of hydrogen-bond acceptors (Lipinski definition) is 16. The minimum absolute atomic E-state index is 0.0307. The first-order valence-electron chi connectivity index (χ1n) is 15.7. The maximum atomic E-state index is 12.8. The zero-order valence-corrected chi connectivity index (χ0v) is 29.4. The average Bonchev–Trinajstić information content (AvgIpc) is 3.56. The van der Waals surface area contributed by atoms with Crippen LogP contribution in [0.5, 0.6) is 11.5 Å². The first-order chi connectivity index (χ1) is 24.7. The molecule has 0 aromatic heterocycles. The Balaban J connectivity index is 1.89. The Kier molecular flexibility index (Phi) is 12.6. The molecule has 1 N–H and O–H groups in total. The Morgan fingerprint density at radius 2 is 1.58 bits per heavy atom. The van der Waals surface area contributed by atoms with Crippen LogP contribution in [-0.4, -0.2) is 93.3 Å². The molecule has 2 aliphatic heterocycles. The van der Waals surface area contributed by atoms with Gasteiger partial charge >= 0.3 is 39.5 Å². The van der Waals surface area contributed by atoms with Gasteiger partial charge in [0.2, 0.25) is 11.9 Å². The van der Waals surface area contributed by atoms with Crippen molar-refractivity contribution < 1.29 is 83.2 Å². The second-order valence-electron chi connectivity index (χ2n) is 11.9. The predicted molar refractivity (Wildman–Crippen MR) is 168 cm³/mol. The number of nitriles is 1. The van der Waals surface area contributed by atoms with Gasteiger partial charge in [0, 0.05) is 34.1 Å². The third-order valence-corrected chi connectivity index (χ3v) is 8.73. The summed E-state index contributed by atoms with van der Waals surface area (Å²) < 4.78 is 105. The van der Waals surface area contributed by atoms with Crippen molar-refractivity contribution in [1.82, 2.24) is 0 Å². The second kappa shape index (κ2) is 16.4. The summed E-state index contributed by atoms with van der Waals surface area (Å²) in [5.41, 5.74) is -5.55. The highest BCUT2D eigenvalue weighted by Gasteiger charge is 2.61. The number of rotatable bonds is 12. The molecule has 2 aromatic carbocycles. The molecule has 2 heterocycles. The number of hydrogen-bond donors (Lipinski definition) is 1. The number of carbonyl (C=O) groups excluding carboxylic acids is 4. The number of benzene rings is 2. The van der Waals surface area contributed by atoms with Gasteiger partial charge in [-0.1, -0.05) is 12.1 Å². The maximum Gasteiger partial charge on any atom is 0.534 e. The molecule has 0 saturated carbocycles. The van der Waals surface area contributed by atoms with Crippen LogP contribution >= 0.6 is 0 Å². The number of carbonyl (C=O) groups is 4. The van der Waals surface area contributed by atoms with Crippen molar-refractivity contribution in [1.29, 1.82) is 5.26 Å². The lowest BCUT2D eigenvalue weighted by Crippen LogP contribution is -2.66. The van der Waals surface area contributed by atoms with Crippen LogP contribution in [0.15, 0.2) is 36.4 Å². The fourth-order valence-electron chi connectivity index (χ4n) is 5.59. The smallest absolute Gasteiger partial charge is 0.487 e. The van der Waals surface area contributed by atoms with E-state index in [2.05, 4.69) is 4.18 Å². The van der Waals surface area contributed by atoms with Crippen molar-refractivity contribution in [2.45, 2.75) is 82.4 Å². The molecule has 0 bridgehead atoms. The number of aliphatic hydroxyl groups is 1. The Morgan fingerprint density at radius 1 is 0.962 bits per heavy atom. The van der Waals surface area contributed by atoms with Crippen LogP contribution in [0, 0.1) is 11.3 Å². The quantitative estimate of drug-likeness (QED) is 0.142. The van der Waals surface area contributed by atoms with Gasteiger partial charge in [0.1, 0.15) is 30.3 Å². The van der Waals surface area contributed by atoms with Gasteiger partial charge in [-0.25, -0.2) is 0 Å². The summed E-state index contributed by atoms with van der Waals surface area (Å²) >= 11 is 0. The molecule has 0 aliphatic carbocycles. The summed E-state index contributed by atoms with van der Waals surface area (Å²) in [6.45, 7) is 3.80. The van der Waals surface area contributed by atoms with Crippen LogP contribution < -0.4 is 8.92 Å². The summed E-state index contributed by atoms with van der Waals surface area (Å²) in [6.07, 6.45) is -7.39. The van der Waals surface area contributed by atoms with Gasteiger partial charge < -0.3 is 42.4 Å². The van der Waals surface area contributed by atoms with Crippen molar-refractivity contribution >= 4 is 34.0 Å². The molecule has 0 unspecified atom stereocenters. The molecule has 20 heteroatoms. The third kappa shape index (κ3) is 9.92. The van der Waals surface area contributed by atoms with Gasteiger partial charge in [0.15, 0.2) is 12.2 Å². The van der Waals surface area contributed by atoms with Gasteiger partial charge in [-0.3, -0.25) is 19.2 Å². The first kappa shape index (κ1) is 40.8. The number of esters is 4. The highest BCUT2D eigenvalue weighted by molar-refractivity contribution is 7.88. The van der Waals surface area contributed by atoms with Crippen LogP contribution in [-0.2, 0) is 69.9 Å². The van der Waals surface area contributed by atoms with Crippen molar-refractivity contribution in [2.75, 3.05) is 19.8 Å². The van der Waals surface area contributed by atoms with E-state index in [9.17, 15) is 51.1 Å². The SMILES string of the molecule is CC(=O)OC[C@H]1O[C@@](O)(c2cc(Cc3ccc(OS(=O)(=O)C(F)(F)F)cc3)c(C#N)cc2O[C@H]2CCOC2)[C@H](OC(C)=O)[C@@H](OC(C)=O)[C@@H]1OC(C)=O. The summed E-state index contributed by atoms with van der Waals surface area (Å²) in [5, 5.41) is 22.8. The van der Waals surface area contributed by atoms with Crippen LogP contribution in [0.25, 0.3) is 0 Å². The Bertz CT molecular complexity index is 1860. The lowest BCUT2D eigenvalue weighted by molar-refractivity contribution is -0.360. The van der Waals surface area contributed by atoms with Gasteiger partial charge in [0.25, 0.3) is 0 Å². The molecule has 0 amide bonds. The van der Waals surface area contributed by atoms with E-state index in [-0.39, 0.29) is 35.5 Å². The lowest BCUT2D eigenvalue weighted by atomic mass is 9.85. The molecule has 4 rings (SSSR count). The van der Waals surface area contributed by atoms with Crippen LogP contribution in [0.4, 0.5) is 13.2 Å². The van der Waals surface area contributed by atoms with E-state index in [0.29, 0.717) is 18.6 Å². The van der Waals surface area contributed by atoms with Crippen LogP contribution in [0.2, 0.25) is 0 Å². The number of alkyl halides is 3. The maximum absolute atomic E-state index is 12.8. The van der Waals surface area contributed by atoms with E-state index in [4.69, 9.17) is 33.2 Å². The van der Waals surface area contributed by atoms with E-state index in [0.717, 1.165) is 39.8 Å². The van der Waals surface area contributed by atoms with Crippen molar-refractivity contribution in [2.24, 2.45) is 0 Å². The summed E-state index contributed by atoms with van der Waals surface area (Å²) in [5.74, 6) is -7.38. The Morgan fingerprint density at radius 3 is 2.11 bits per heavy atom. The van der Waals surface area contributed by atoms with Crippen molar-refractivity contribution in [3.63, 3.8) is 0 Å². The topological polar surface area (TPSA) is 220 Å². The highest BCUT2D eigenvalue weighted by Crippen LogP contribution is 2.45. The van der Waals surface area contributed by atoms with E-state index in [1.54, 1.807) is 0 Å². The second-order valence-corrected chi connectivity index (χ2v) is 13.4. The molecule has 2 aliphatic rings. The molecule has 2 aromatic rings. The molecule has 0 radical (unpaired) electrons. The largest absolute Gasteiger partial charge is 0.534 e.